The van der Waals surface area contributed by atoms with E-state index in [4.69, 9.17) is 10.5 Å². The Morgan fingerprint density at radius 2 is 1.72 bits per heavy atom. The maximum atomic E-state index is 11.1. The van der Waals surface area contributed by atoms with Crippen molar-refractivity contribution < 1.29 is 9.53 Å². The summed E-state index contributed by atoms with van der Waals surface area (Å²) in [6.45, 7) is 6.12. The van der Waals surface area contributed by atoms with Crippen LogP contribution < -0.4 is 11.1 Å². The molecule has 1 atom stereocenters. The largest absolute Gasteiger partial charge is 0.381 e. The lowest BCUT2D eigenvalue weighted by molar-refractivity contribution is -0.122. The fraction of sp³-hybridized carbons (Fsp3) is 0.929. The molecule has 0 aliphatic rings. The second-order valence-corrected chi connectivity index (χ2v) is 4.81. The summed E-state index contributed by atoms with van der Waals surface area (Å²) in [5.41, 5.74) is 5.42. The first-order valence-electron chi connectivity index (χ1n) is 7.29. The molecular weight excluding hydrogens is 228 g/mol. The van der Waals surface area contributed by atoms with Gasteiger partial charge in [0.05, 0.1) is 6.04 Å². The lowest BCUT2D eigenvalue weighted by Crippen LogP contribution is -2.38. The summed E-state index contributed by atoms with van der Waals surface area (Å²) < 4.78 is 5.50. The maximum absolute atomic E-state index is 11.1. The number of carbonyl (C=O) groups excluding carboxylic acids is 1. The zero-order chi connectivity index (χ0) is 13.6. The maximum Gasteiger partial charge on any atom is 0.236 e. The van der Waals surface area contributed by atoms with Crippen molar-refractivity contribution in [3.8, 4) is 0 Å². The molecule has 3 N–H and O–H groups in total. The van der Waals surface area contributed by atoms with Crippen molar-refractivity contribution >= 4 is 5.91 Å². The van der Waals surface area contributed by atoms with Crippen molar-refractivity contribution in [3.05, 3.63) is 0 Å². The molecule has 0 aromatic heterocycles. The third-order valence-electron chi connectivity index (χ3n) is 2.82. The quantitative estimate of drug-likeness (QED) is 0.528. The van der Waals surface area contributed by atoms with Crippen molar-refractivity contribution in [2.24, 2.45) is 5.73 Å². The summed E-state index contributed by atoms with van der Waals surface area (Å²) in [7, 11) is 0. The van der Waals surface area contributed by atoms with Gasteiger partial charge in [0.1, 0.15) is 0 Å². The molecular formula is C14H30N2O2. The van der Waals surface area contributed by atoms with Gasteiger partial charge in [0, 0.05) is 19.8 Å². The smallest absolute Gasteiger partial charge is 0.236 e. The predicted octanol–water partition coefficient (Wildman–Crippen LogP) is 2.22. The van der Waals surface area contributed by atoms with Crippen LogP contribution in [0.15, 0.2) is 0 Å². The molecule has 108 valence electrons. The highest BCUT2D eigenvalue weighted by atomic mass is 16.5. The molecule has 0 fully saturated rings. The Balaban J connectivity index is 3.05. The highest BCUT2D eigenvalue weighted by molar-refractivity contribution is 5.80. The molecule has 0 spiro atoms. The molecule has 0 heterocycles. The Hall–Kier alpha value is -0.610. The fourth-order valence-electron chi connectivity index (χ4n) is 1.63. The fourth-order valence-corrected chi connectivity index (χ4v) is 1.63. The second-order valence-electron chi connectivity index (χ2n) is 4.81. The SMILES string of the molecule is CCCCCCCCOCCCNC(=O)C(C)N. The van der Waals surface area contributed by atoms with Crippen LogP contribution in [0.4, 0.5) is 0 Å². The van der Waals surface area contributed by atoms with E-state index in [1.807, 2.05) is 0 Å². The number of hydrogen-bond donors (Lipinski definition) is 2. The molecule has 0 aliphatic heterocycles. The van der Waals surface area contributed by atoms with Crippen molar-refractivity contribution in [1.82, 2.24) is 5.32 Å². The molecule has 0 radical (unpaired) electrons. The van der Waals surface area contributed by atoms with Crippen LogP contribution in [0, 0.1) is 0 Å². The standard InChI is InChI=1S/C14H30N2O2/c1-3-4-5-6-7-8-11-18-12-9-10-16-14(17)13(2)15/h13H,3-12,15H2,1-2H3,(H,16,17). The lowest BCUT2D eigenvalue weighted by Gasteiger charge is -2.08. The topological polar surface area (TPSA) is 64.3 Å². The van der Waals surface area contributed by atoms with Gasteiger partial charge in [-0.3, -0.25) is 4.79 Å². The van der Waals surface area contributed by atoms with E-state index in [1.165, 1.54) is 32.1 Å². The van der Waals surface area contributed by atoms with Crippen LogP contribution in [-0.2, 0) is 9.53 Å². The van der Waals surface area contributed by atoms with Crippen LogP contribution in [0.25, 0.3) is 0 Å². The van der Waals surface area contributed by atoms with E-state index in [9.17, 15) is 4.79 Å². The first-order valence-corrected chi connectivity index (χ1v) is 7.29. The van der Waals surface area contributed by atoms with E-state index in [2.05, 4.69) is 12.2 Å². The van der Waals surface area contributed by atoms with Gasteiger partial charge in [-0.2, -0.15) is 0 Å². The summed E-state index contributed by atoms with van der Waals surface area (Å²) in [6, 6.07) is -0.422. The van der Waals surface area contributed by atoms with Gasteiger partial charge >= 0.3 is 0 Å². The van der Waals surface area contributed by atoms with Crippen molar-refractivity contribution in [1.29, 1.82) is 0 Å². The highest BCUT2D eigenvalue weighted by Crippen LogP contribution is 2.04. The van der Waals surface area contributed by atoms with Gasteiger partial charge in [0.2, 0.25) is 5.91 Å². The van der Waals surface area contributed by atoms with Crippen LogP contribution in [0.1, 0.15) is 58.8 Å². The molecule has 0 bridgehead atoms. The van der Waals surface area contributed by atoms with Gasteiger partial charge in [0.15, 0.2) is 0 Å². The van der Waals surface area contributed by atoms with Gasteiger partial charge < -0.3 is 15.8 Å². The van der Waals surface area contributed by atoms with Gasteiger partial charge in [-0.15, -0.1) is 0 Å². The normalized spacial score (nSPS) is 12.4. The lowest BCUT2D eigenvalue weighted by atomic mass is 10.1. The number of carbonyl (C=O) groups is 1. The Morgan fingerprint density at radius 1 is 1.11 bits per heavy atom. The van der Waals surface area contributed by atoms with E-state index >= 15 is 0 Å². The van der Waals surface area contributed by atoms with Crippen LogP contribution in [0.3, 0.4) is 0 Å². The minimum Gasteiger partial charge on any atom is -0.381 e. The number of ether oxygens (including phenoxy) is 1. The van der Waals surface area contributed by atoms with E-state index in [-0.39, 0.29) is 5.91 Å². The van der Waals surface area contributed by atoms with Crippen LogP contribution >= 0.6 is 0 Å². The third kappa shape index (κ3) is 11.9. The summed E-state index contributed by atoms with van der Waals surface area (Å²) in [6.07, 6.45) is 8.58. The molecule has 0 aromatic rings. The zero-order valence-electron chi connectivity index (χ0n) is 12.0. The van der Waals surface area contributed by atoms with Crippen molar-refractivity contribution in [3.63, 3.8) is 0 Å². The summed E-state index contributed by atoms with van der Waals surface area (Å²) in [5, 5.41) is 2.76. The highest BCUT2D eigenvalue weighted by Gasteiger charge is 2.04. The molecule has 1 unspecified atom stereocenters. The monoisotopic (exact) mass is 258 g/mol. The molecule has 0 aliphatic carbocycles. The Kier molecular flexibility index (Phi) is 12.4. The minimum absolute atomic E-state index is 0.0917. The Morgan fingerprint density at radius 3 is 2.39 bits per heavy atom. The Labute approximate surface area is 112 Å². The summed E-state index contributed by atoms with van der Waals surface area (Å²) in [5.74, 6) is -0.0917. The number of nitrogens with two attached hydrogens (primary N) is 1. The summed E-state index contributed by atoms with van der Waals surface area (Å²) >= 11 is 0. The van der Waals surface area contributed by atoms with E-state index < -0.39 is 6.04 Å². The molecule has 0 saturated heterocycles. The average molecular weight is 258 g/mol. The van der Waals surface area contributed by atoms with Gasteiger partial charge in [-0.05, 0) is 19.8 Å². The van der Waals surface area contributed by atoms with E-state index in [0.717, 1.165) is 19.4 Å². The van der Waals surface area contributed by atoms with Crippen LogP contribution in [-0.4, -0.2) is 31.7 Å². The molecule has 0 saturated carbocycles. The summed E-state index contributed by atoms with van der Waals surface area (Å²) in [4.78, 5) is 11.1. The molecule has 0 rings (SSSR count). The van der Waals surface area contributed by atoms with Gasteiger partial charge in [-0.25, -0.2) is 0 Å². The van der Waals surface area contributed by atoms with Crippen molar-refractivity contribution in [2.45, 2.75) is 64.8 Å². The molecule has 1 amide bonds. The van der Waals surface area contributed by atoms with Gasteiger partial charge in [0.25, 0.3) is 0 Å². The molecule has 4 heteroatoms. The second kappa shape index (κ2) is 12.8. The number of nitrogens with one attached hydrogen (secondary N) is 1. The molecule has 0 aromatic carbocycles. The minimum atomic E-state index is -0.422. The predicted molar refractivity (Wildman–Crippen MR) is 75.5 cm³/mol. The van der Waals surface area contributed by atoms with E-state index in [1.54, 1.807) is 6.92 Å². The number of rotatable bonds is 12. The molecule has 4 nitrogen and oxygen atoms in total. The van der Waals surface area contributed by atoms with Gasteiger partial charge in [-0.1, -0.05) is 39.0 Å². The van der Waals surface area contributed by atoms with Crippen molar-refractivity contribution in [2.75, 3.05) is 19.8 Å². The number of amides is 1. The number of hydrogen-bond acceptors (Lipinski definition) is 3. The van der Waals surface area contributed by atoms with Crippen LogP contribution in [0.5, 0.6) is 0 Å². The van der Waals surface area contributed by atoms with Crippen LogP contribution in [0.2, 0.25) is 0 Å². The number of unbranched alkanes of at least 4 members (excludes halogenated alkanes) is 5. The first kappa shape index (κ1) is 17.4. The van der Waals surface area contributed by atoms with E-state index in [0.29, 0.717) is 13.2 Å². The average Bonchev–Trinajstić information content (AvgIpc) is 2.35. The zero-order valence-corrected chi connectivity index (χ0v) is 12.0. The Bertz CT molecular complexity index is 196. The molecule has 18 heavy (non-hydrogen) atoms. The first-order chi connectivity index (χ1) is 8.68. The third-order valence-corrected chi connectivity index (χ3v) is 2.82.